The summed E-state index contributed by atoms with van der Waals surface area (Å²) < 4.78 is 10.4. The summed E-state index contributed by atoms with van der Waals surface area (Å²) in [5, 5.41) is 0. The fourth-order valence-electron chi connectivity index (χ4n) is 2.16. The smallest absolute Gasteiger partial charge is 0.306 e. The Balaban J connectivity index is 2.30. The van der Waals surface area contributed by atoms with E-state index in [1.165, 1.54) is 0 Å². The molecule has 1 aliphatic rings. The van der Waals surface area contributed by atoms with Gasteiger partial charge in [0, 0.05) is 12.0 Å². The lowest BCUT2D eigenvalue weighted by Crippen LogP contribution is -2.28. The molecule has 20 heavy (non-hydrogen) atoms. The number of benzene rings is 1. The highest BCUT2D eigenvalue weighted by molar-refractivity contribution is 6.30. The molecule has 0 spiro atoms. The van der Waals surface area contributed by atoms with E-state index in [0.717, 1.165) is 0 Å². The zero-order valence-corrected chi connectivity index (χ0v) is 11.5. The summed E-state index contributed by atoms with van der Waals surface area (Å²) in [6.45, 7) is 4.00. The molecule has 106 valence electrons. The van der Waals surface area contributed by atoms with Gasteiger partial charge in [0.1, 0.15) is 5.75 Å². The SMILES string of the molecule is CCCC(=O)OC1C(=O)c2cccc(OCC)c2C1=O. The van der Waals surface area contributed by atoms with Crippen molar-refractivity contribution in [2.75, 3.05) is 6.61 Å². The Hall–Kier alpha value is -2.17. The second-order valence-corrected chi connectivity index (χ2v) is 4.46. The third-order valence-corrected chi connectivity index (χ3v) is 3.02. The molecule has 5 heteroatoms. The Morgan fingerprint density at radius 1 is 1.20 bits per heavy atom. The molecule has 1 atom stereocenters. The second-order valence-electron chi connectivity index (χ2n) is 4.46. The van der Waals surface area contributed by atoms with Gasteiger partial charge in [0.15, 0.2) is 0 Å². The predicted molar refractivity (Wildman–Crippen MR) is 71.1 cm³/mol. The number of carbonyl (C=O) groups excluding carboxylic acids is 3. The van der Waals surface area contributed by atoms with E-state index in [0.29, 0.717) is 18.8 Å². The quantitative estimate of drug-likeness (QED) is 0.609. The summed E-state index contributed by atoms with van der Waals surface area (Å²) in [4.78, 5) is 35.9. The fourth-order valence-corrected chi connectivity index (χ4v) is 2.16. The van der Waals surface area contributed by atoms with Gasteiger partial charge >= 0.3 is 5.97 Å². The molecule has 0 saturated heterocycles. The normalized spacial score (nSPS) is 17.0. The molecule has 0 saturated carbocycles. The topological polar surface area (TPSA) is 69.7 Å². The van der Waals surface area contributed by atoms with E-state index in [-0.39, 0.29) is 17.5 Å². The highest BCUT2D eigenvalue weighted by Crippen LogP contribution is 2.32. The van der Waals surface area contributed by atoms with Crippen molar-refractivity contribution in [3.8, 4) is 5.75 Å². The molecular formula is C15H16O5. The maximum Gasteiger partial charge on any atom is 0.306 e. The molecule has 0 amide bonds. The van der Waals surface area contributed by atoms with Gasteiger partial charge in [-0.1, -0.05) is 19.1 Å². The van der Waals surface area contributed by atoms with Crippen LogP contribution in [-0.2, 0) is 9.53 Å². The third kappa shape index (κ3) is 2.43. The van der Waals surface area contributed by atoms with Crippen LogP contribution < -0.4 is 4.74 Å². The number of ketones is 2. The van der Waals surface area contributed by atoms with Gasteiger partial charge in [-0.05, 0) is 19.4 Å². The number of esters is 1. The van der Waals surface area contributed by atoms with Gasteiger partial charge < -0.3 is 9.47 Å². The number of ether oxygens (including phenoxy) is 2. The van der Waals surface area contributed by atoms with Gasteiger partial charge in [-0.15, -0.1) is 0 Å². The average molecular weight is 276 g/mol. The minimum Gasteiger partial charge on any atom is -0.493 e. The molecule has 0 aromatic heterocycles. The molecule has 1 aromatic rings. The van der Waals surface area contributed by atoms with Crippen LogP contribution in [-0.4, -0.2) is 30.2 Å². The Kier molecular flexibility index (Phi) is 4.17. The summed E-state index contributed by atoms with van der Waals surface area (Å²) >= 11 is 0. The third-order valence-electron chi connectivity index (χ3n) is 3.02. The molecule has 0 fully saturated rings. The van der Waals surface area contributed by atoms with Crippen LogP contribution in [0.3, 0.4) is 0 Å². The van der Waals surface area contributed by atoms with Crippen molar-refractivity contribution in [3.63, 3.8) is 0 Å². The molecule has 0 aliphatic heterocycles. The van der Waals surface area contributed by atoms with Crippen molar-refractivity contribution >= 4 is 17.5 Å². The van der Waals surface area contributed by atoms with E-state index < -0.39 is 23.6 Å². The van der Waals surface area contributed by atoms with Crippen LogP contribution in [0.1, 0.15) is 47.4 Å². The molecule has 2 rings (SSSR count). The van der Waals surface area contributed by atoms with Crippen LogP contribution in [0.15, 0.2) is 18.2 Å². The van der Waals surface area contributed by atoms with Crippen molar-refractivity contribution < 1.29 is 23.9 Å². The van der Waals surface area contributed by atoms with Gasteiger partial charge in [0.05, 0.1) is 12.2 Å². The van der Waals surface area contributed by atoms with E-state index in [1.807, 2.05) is 6.92 Å². The Bertz CT molecular complexity index is 561. The maximum atomic E-state index is 12.3. The Morgan fingerprint density at radius 2 is 1.95 bits per heavy atom. The van der Waals surface area contributed by atoms with Gasteiger partial charge in [-0.3, -0.25) is 14.4 Å². The van der Waals surface area contributed by atoms with E-state index in [4.69, 9.17) is 9.47 Å². The zero-order valence-electron chi connectivity index (χ0n) is 11.5. The molecular weight excluding hydrogens is 260 g/mol. The van der Waals surface area contributed by atoms with Crippen LogP contribution in [0.2, 0.25) is 0 Å². The summed E-state index contributed by atoms with van der Waals surface area (Å²) in [6.07, 6.45) is -0.567. The summed E-state index contributed by atoms with van der Waals surface area (Å²) in [5.74, 6) is -1.16. The van der Waals surface area contributed by atoms with Crippen molar-refractivity contribution in [1.29, 1.82) is 0 Å². The summed E-state index contributed by atoms with van der Waals surface area (Å²) in [6, 6.07) is 4.82. The van der Waals surface area contributed by atoms with Gasteiger partial charge in [0.2, 0.25) is 17.7 Å². The molecule has 5 nitrogen and oxygen atoms in total. The van der Waals surface area contributed by atoms with E-state index >= 15 is 0 Å². The molecule has 1 aromatic carbocycles. The summed E-state index contributed by atoms with van der Waals surface area (Å²) in [5.41, 5.74) is 0.476. The van der Waals surface area contributed by atoms with Crippen molar-refractivity contribution in [3.05, 3.63) is 29.3 Å². The number of hydrogen-bond donors (Lipinski definition) is 0. The number of carbonyl (C=O) groups is 3. The molecule has 0 radical (unpaired) electrons. The van der Waals surface area contributed by atoms with Crippen molar-refractivity contribution in [1.82, 2.24) is 0 Å². The predicted octanol–water partition coefficient (Wildman–Crippen LogP) is 2.18. The number of rotatable bonds is 5. The van der Waals surface area contributed by atoms with Gasteiger partial charge in [0.25, 0.3) is 0 Å². The van der Waals surface area contributed by atoms with Crippen LogP contribution in [0.5, 0.6) is 5.75 Å². The molecule has 1 unspecified atom stereocenters. The zero-order chi connectivity index (χ0) is 14.7. The minimum atomic E-state index is -1.36. The van der Waals surface area contributed by atoms with Crippen molar-refractivity contribution in [2.24, 2.45) is 0 Å². The first-order valence-electron chi connectivity index (χ1n) is 6.63. The van der Waals surface area contributed by atoms with Crippen LogP contribution in [0, 0.1) is 0 Å². The van der Waals surface area contributed by atoms with E-state index in [1.54, 1.807) is 25.1 Å². The van der Waals surface area contributed by atoms with Gasteiger partial charge in [-0.2, -0.15) is 0 Å². The maximum absolute atomic E-state index is 12.3. The highest BCUT2D eigenvalue weighted by atomic mass is 16.6. The highest BCUT2D eigenvalue weighted by Gasteiger charge is 2.43. The molecule has 1 aliphatic carbocycles. The number of Topliss-reactive ketones (excluding diaryl/α,β-unsaturated/α-hetero) is 2. The van der Waals surface area contributed by atoms with Crippen LogP contribution >= 0.6 is 0 Å². The molecule has 0 N–H and O–H groups in total. The van der Waals surface area contributed by atoms with E-state index in [9.17, 15) is 14.4 Å². The summed E-state index contributed by atoms with van der Waals surface area (Å²) in [7, 11) is 0. The van der Waals surface area contributed by atoms with E-state index in [2.05, 4.69) is 0 Å². The second kappa shape index (κ2) is 5.86. The Labute approximate surface area is 116 Å². The standard InChI is InChI=1S/C15H16O5/c1-3-6-11(16)20-15-13(17)9-7-5-8-10(19-4-2)12(9)14(15)18/h5,7-8,15H,3-4,6H2,1-2H3. The van der Waals surface area contributed by atoms with Crippen molar-refractivity contribution in [2.45, 2.75) is 32.8 Å². The fraction of sp³-hybridized carbons (Fsp3) is 0.400. The van der Waals surface area contributed by atoms with Crippen LogP contribution in [0.4, 0.5) is 0 Å². The first-order chi connectivity index (χ1) is 9.60. The van der Waals surface area contributed by atoms with Gasteiger partial charge in [-0.25, -0.2) is 0 Å². The monoisotopic (exact) mass is 276 g/mol. The largest absolute Gasteiger partial charge is 0.493 e. The molecule has 0 bridgehead atoms. The average Bonchev–Trinajstić information content (AvgIpc) is 2.66. The molecule has 0 heterocycles. The van der Waals surface area contributed by atoms with Crippen LogP contribution in [0.25, 0.3) is 0 Å². The first-order valence-corrected chi connectivity index (χ1v) is 6.63. The lowest BCUT2D eigenvalue weighted by Gasteiger charge is -2.09. The number of hydrogen-bond acceptors (Lipinski definition) is 5. The lowest BCUT2D eigenvalue weighted by atomic mass is 10.1. The first kappa shape index (κ1) is 14.2. The Morgan fingerprint density at radius 3 is 2.60 bits per heavy atom. The number of fused-ring (bicyclic) bond motifs is 1. The lowest BCUT2D eigenvalue weighted by molar-refractivity contribution is -0.145. The minimum absolute atomic E-state index is 0.186.